The average Bonchev–Trinajstić information content (AvgIpc) is 2.85. The molecule has 0 saturated carbocycles. The SMILES string of the molecule is N#CC(=Cc1cc(OCCC(=O)N[C@@H](Cc2ccccc2)B(O)O)ccc1F)c1ccccn1. The van der Waals surface area contributed by atoms with E-state index in [1.54, 1.807) is 24.4 Å². The van der Waals surface area contributed by atoms with Gasteiger partial charge >= 0.3 is 7.12 Å². The van der Waals surface area contributed by atoms with Gasteiger partial charge in [0.25, 0.3) is 0 Å². The van der Waals surface area contributed by atoms with Crippen LogP contribution in [0.5, 0.6) is 5.75 Å². The summed E-state index contributed by atoms with van der Waals surface area (Å²) in [5, 5.41) is 31.2. The summed E-state index contributed by atoms with van der Waals surface area (Å²) in [7, 11) is -1.72. The predicted octanol–water partition coefficient (Wildman–Crippen LogP) is 2.79. The van der Waals surface area contributed by atoms with Crippen molar-refractivity contribution in [1.82, 2.24) is 10.3 Å². The molecule has 3 aromatic rings. The van der Waals surface area contributed by atoms with Gasteiger partial charge in [0.05, 0.1) is 30.2 Å². The third-order valence-corrected chi connectivity index (χ3v) is 4.93. The van der Waals surface area contributed by atoms with Crippen molar-refractivity contribution in [1.29, 1.82) is 5.26 Å². The smallest absolute Gasteiger partial charge is 0.475 e. The van der Waals surface area contributed by atoms with Gasteiger partial charge in [-0.05, 0) is 48.4 Å². The van der Waals surface area contributed by atoms with Crippen molar-refractivity contribution < 1.29 is 24.0 Å². The molecule has 0 unspecified atom stereocenters. The van der Waals surface area contributed by atoms with Crippen molar-refractivity contribution in [2.45, 2.75) is 18.8 Å². The maximum atomic E-state index is 14.3. The molecule has 9 heteroatoms. The summed E-state index contributed by atoms with van der Waals surface area (Å²) < 4.78 is 19.9. The van der Waals surface area contributed by atoms with E-state index in [0.29, 0.717) is 11.4 Å². The van der Waals surface area contributed by atoms with Gasteiger partial charge in [0.15, 0.2) is 0 Å². The number of allylic oxidation sites excluding steroid dienone is 1. The van der Waals surface area contributed by atoms with Crippen molar-refractivity contribution in [2.75, 3.05) is 6.61 Å². The number of nitriles is 1. The van der Waals surface area contributed by atoms with Crippen LogP contribution in [-0.2, 0) is 11.2 Å². The van der Waals surface area contributed by atoms with E-state index in [1.165, 1.54) is 24.3 Å². The summed E-state index contributed by atoms with van der Waals surface area (Å²) >= 11 is 0. The number of carbonyl (C=O) groups is 1. The van der Waals surface area contributed by atoms with Crippen LogP contribution in [0.4, 0.5) is 4.39 Å². The van der Waals surface area contributed by atoms with Gasteiger partial charge in [0.2, 0.25) is 5.91 Å². The third-order valence-electron chi connectivity index (χ3n) is 4.93. The molecular weight excluding hydrogens is 436 g/mol. The highest BCUT2D eigenvalue weighted by molar-refractivity contribution is 6.43. The fraction of sp³-hybridized carbons (Fsp3) is 0.160. The number of pyridine rings is 1. The lowest BCUT2D eigenvalue weighted by Crippen LogP contribution is -2.48. The lowest BCUT2D eigenvalue weighted by Gasteiger charge is -2.18. The van der Waals surface area contributed by atoms with Crippen LogP contribution in [-0.4, -0.2) is 40.6 Å². The summed E-state index contributed by atoms with van der Waals surface area (Å²) in [5.74, 6) is -1.50. The fourth-order valence-corrected chi connectivity index (χ4v) is 3.20. The monoisotopic (exact) mass is 459 g/mol. The highest BCUT2D eigenvalue weighted by Gasteiger charge is 2.25. The molecule has 0 bridgehead atoms. The van der Waals surface area contributed by atoms with Gasteiger partial charge in [-0.3, -0.25) is 9.78 Å². The van der Waals surface area contributed by atoms with E-state index in [-0.39, 0.29) is 30.6 Å². The zero-order chi connectivity index (χ0) is 24.3. The minimum atomic E-state index is -1.72. The number of rotatable bonds is 10. The molecule has 2 aromatic carbocycles. The molecule has 3 rings (SSSR count). The standard InChI is InChI=1S/C25H23BFN3O4/c27-22-10-9-21(16-19(22)15-20(17-28)23-8-4-5-12-29-23)34-13-11-25(31)30-24(26(32)33)14-18-6-2-1-3-7-18/h1-10,12,15-16,24,32-33H,11,13-14H2,(H,30,31)/t24-/m0/s1. The highest BCUT2D eigenvalue weighted by atomic mass is 19.1. The molecule has 0 aliphatic rings. The van der Waals surface area contributed by atoms with Crippen molar-refractivity contribution in [3.8, 4) is 11.8 Å². The van der Waals surface area contributed by atoms with Crippen LogP contribution in [0, 0.1) is 17.1 Å². The Morgan fingerprint density at radius 3 is 2.62 bits per heavy atom. The molecule has 0 spiro atoms. The fourth-order valence-electron chi connectivity index (χ4n) is 3.20. The lowest BCUT2D eigenvalue weighted by atomic mass is 9.76. The van der Waals surface area contributed by atoms with Gasteiger partial charge in [-0.1, -0.05) is 36.4 Å². The maximum absolute atomic E-state index is 14.3. The predicted molar refractivity (Wildman–Crippen MR) is 127 cm³/mol. The first-order valence-electron chi connectivity index (χ1n) is 10.6. The number of hydrogen-bond acceptors (Lipinski definition) is 6. The Morgan fingerprint density at radius 2 is 1.94 bits per heavy atom. The van der Waals surface area contributed by atoms with Gasteiger partial charge in [0.1, 0.15) is 17.6 Å². The Balaban J connectivity index is 1.59. The van der Waals surface area contributed by atoms with Crippen LogP contribution in [0.15, 0.2) is 72.9 Å². The molecule has 0 aliphatic heterocycles. The molecule has 1 amide bonds. The number of hydrogen-bond donors (Lipinski definition) is 3. The van der Waals surface area contributed by atoms with E-state index in [1.807, 2.05) is 36.4 Å². The number of halogens is 1. The third kappa shape index (κ3) is 7.27. The zero-order valence-corrected chi connectivity index (χ0v) is 18.3. The number of aromatic nitrogens is 1. The number of amides is 1. The Labute approximate surface area is 197 Å². The second-order valence-corrected chi connectivity index (χ2v) is 7.44. The molecule has 1 heterocycles. The molecule has 0 saturated heterocycles. The number of nitrogens with zero attached hydrogens (tertiary/aromatic N) is 2. The minimum Gasteiger partial charge on any atom is -0.493 e. The number of carbonyl (C=O) groups excluding carboxylic acids is 1. The maximum Gasteiger partial charge on any atom is 0.475 e. The van der Waals surface area contributed by atoms with Crippen LogP contribution in [0.3, 0.4) is 0 Å². The second-order valence-electron chi connectivity index (χ2n) is 7.44. The number of ether oxygens (including phenoxy) is 1. The minimum absolute atomic E-state index is 0.00838. The first-order valence-corrected chi connectivity index (χ1v) is 10.6. The Hall–Kier alpha value is -4.00. The van der Waals surface area contributed by atoms with E-state index in [2.05, 4.69) is 10.3 Å². The van der Waals surface area contributed by atoms with E-state index in [0.717, 1.165) is 5.56 Å². The van der Waals surface area contributed by atoms with E-state index in [4.69, 9.17) is 4.74 Å². The molecule has 172 valence electrons. The van der Waals surface area contributed by atoms with Crippen molar-refractivity contribution in [2.24, 2.45) is 0 Å². The van der Waals surface area contributed by atoms with E-state index in [9.17, 15) is 24.5 Å². The molecule has 1 aromatic heterocycles. The lowest BCUT2D eigenvalue weighted by molar-refractivity contribution is -0.122. The normalized spacial score (nSPS) is 11.9. The molecule has 0 aliphatic carbocycles. The summed E-state index contributed by atoms with van der Waals surface area (Å²) in [6.07, 6.45) is 3.14. The first kappa shape index (κ1) is 24.6. The average molecular weight is 459 g/mol. The van der Waals surface area contributed by atoms with Crippen LogP contribution in [0.1, 0.15) is 23.2 Å². The number of nitrogens with one attached hydrogen (secondary N) is 1. The van der Waals surface area contributed by atoms with Gasteiger partial charge < -0.3 is 20.1 Å². The van der Waals surface area contributed by atoms with Crippen LogP contribution < -0.4 is 10.1 Å². The summed E-state index contributed by atoms with van der Waals surface area (Å²) in [5.41, 5.74) is 1.62. The van der Waals surface area contributed by atoms with Crippen molar-refractivity contribution in [3.05, 3.63) is 95.6 Å². The quantitative estimate of drug-likeness (QED) is 0.317. The first-order chi connectivity index (χ1) is 16.5. The Kier molecular flexibility index (Phi) is 8.92. The Bertz CT molecular complexity index is 1170. The molecule has 1 atom stereocenters. The summed E-state index contributed by atoms with van der Waals surface area (Å²) in [6, 6.07) is 20.3. The van der Waals surface area contributed by atoms with Crippen molar-refractivity contribution in [3.63, 3.8) is 0 Å². The summed E-state index contributed by atoms with van der Waals surface area (Å²) in [4.78, 5) is 16.4. The largest absolute Gasteiger partial charge is 0.493 e. The molecular formula is C25H23BFN3O4. The zero-order valence-electron chi connectivity index (χ0n) is 18.3. The topological polar surface area (TPSA) is 115 Å². The van der Waals surface area contributed by atoms with Gasteiger partial charge in [-0.15, -0.1) is 0 Å². The summed E-state index contributed by atoms with van der Waals surface area (Å²) in [6.45, 7) is -0.00838. The molecule has 0 fully saturated rings. The number of benzene rings is 2. The molecule has 0 radical (unpaired) electrons. The molecule has 7 nitrogen and oxygen atoms in total. The van der Waals surface area contributed by atoms with Gasteiger partial charge in [0, 0.05) is 11.8 Å². The van der Waals surface area contributed by atoms with E-state index >= 15 is 0 Å². The van der Waals surface area contributed by atoms with Gasteiger partial charge in [-0.2, -0.15) is 5.26 Å². The molecule has 3 N–H and O–H groups in total. The van der Waals surface area contributed by atoms with Crippen LogP contribution in [0.25, 0.3) is 11.6 Å². The van der Waals surface area contributed by atoms with Crippen molar-refractivity contribution >= 4 is 24.7 Å². The van der Waals surface area contributed by atoms with Gasteiger partial charge in [-0.25, -0.2) is 4.39 Å². The molecule has 34 heavy (non-hydrogen) atoms. The van der Waals surface area contributed by atoms with Crippen LogP contribution in [0.2, 0.25) is 0 Å². The highest BCUT2D eigenvalue weighted by Crippen LogP contribution is 2.22. The Morgan fingerprint density at radius 1 is 1.18 bits per heavy atom. The van der Waals surface area contributed by atoms with Crippen LogP contribution >= 0.6 is 0 Å². The van der Waals surface area contributed by atoms with E-state index < -0.39 is 24.8 Å². The second kappa shape index (κ2) is 12.3.